The topological polar surface area (TPSA) is 77.3 Å². The van der Waals surface area contributed by atoms with E-state index in [-0.39, 0.29) is 41.6 Å². The number of pyridine rings is 1. The Morgan fingerprint density at radius 2 is 1.96 bits per heavy atom. The lowest BCUT2D eigenvalue weighted by atomic mass is 10.0. The van der Waals surface area contributed by atoms with Crippen molar-refractivity contribution >= 4 is 34.7 Å². The molecule has 1 aliphatic heterocycles. The molecule has 1 aliphatic carbocycles. The number of fused-ring (bicyclic) bond motifs is 1. The summed E-state index contributed by atoms with van der Waals surface area (Å²) in [6.45, 7) is 5.46. The van der Waals surface area contributed by atoms with Gasteiger partial charge in [-0.05, 0) is 56.7 Å². The smallest absolute Gasteiger partial charge is 0.274 e. The highest BCUT2D eigenvalue weighted by Crippen LogP contribution is 2.40. The van der Waals surface area contributed by atoms with E-state index in [0.717, 1.165) is 43.4 Å². The zero-order valence-electron chi connectivity index (χ0n) is 15.2. The van der Waals surface area contributed by atoms with Crippen LogP contribution in [-0.2, 0) is 0 Å². The number of anilines is 2. The summed E-state index contributed by atoms with van der Waals surface area (Å²) in [5.41, 5.74) is 14.2. The Hall–Kier alpha value is -1.79. The molecule has 1 saturated heterocycles. The first-order chi connectivity index (χ1) is 11.9. The highest BCUT2D eigenvalue weighted by Gasteiger charge is 2.31. The summed E-state index contributed by atoms with van der Waals surface area (Å²) in [6, 6.07) is 3.40. The van der Waals surface area contributed by atoms with Gasteiger partial charge >= 0.3 is 0 Å². The Bertz CT molecular complexity index is 907. The molecule has 5 nitrogen and oxygen atoms in total. The van der Waals surface area contributed by atoms with Crippen molar-refractivity contribution in [3.8, 4) is 0 Å². The number of aromatic nitrogens is 1. The van der Waals surface area contributed by atoms with Crippen molar-refractivity contribution in [2.75, 3.05) is 23.7 Å². The van der Waals surface area contributed by atoms with Gasteiger partial charge in [0.05, 0.1) is 16.9 Å². The number of hydrogen-bond donors (Lipinski definition) is 2. The van der Waals surface area contributed by atoms with Gasteiger partial charge in [-0.1, -0.05) is 0 Å². The lowest BCUT2D eigenvalue weighted by molar-refractivity contribution is 0.487. The molecule has 1 aromatic heterocycles. The Morgan fingerprint density at radius 3 is 2.54 bits per heavy atom. The summed E-state index contributed by atoms with van der Waals surface area (Å²) < 4.78 is 16.7. The number of nitrogens with two attached hydrogens (primary N) is 2. The molecule has 4 N–H and O–H groups in total. The van der Waals surface area contributed by atoms with Gasteiger partial charge in [0.1, 0.15) is 5.82 Å². The Labute approximate surface area is 158 Å². The second-order valence-corrected chi connectivity index (χ2v) is 7.63. The highest BCUT2D eigenvalue weighted by atomic mass is 35.5. The minimum atomic E-state index is -0.254. The quantitative estimate of drug-likeness (QED) is 0.858. The van der Waals surface area contributed by atoms with Crippen molar-refractivity contribution in [1.82, 2.24) is 4.57 Å². The minimum Gasteiger partial charge on any atom is -0.394 e. The predicted octanol–water partition coefficient (Wildman–Crippen LogP) is 2.96. The first-order valence-corrected chi connectivity index (χ1v) is 9.02. The van der Waals surface area contributed by atoms with Crippen LogP contribution < -0.4 is 21.9 Å². The summed E-state index contributed by atoms with van der Waals surface area (Å²) in [5.74, 6) is 0.113. The molecule has 142 valence electrons. The SMILES string of the molecule is Cc1c(N2CCC([C@H](C)N)C2)c(F)cc2cc(N)c(=O)n(C3CC3)c12.Cl. The van der Waals surface area contributed by atoms with Gasteiger partial charge < -0.3 is 20.9 Å². The van der Waals surface area contributed by atoms with E-state index in [4.69, 9.17) is 11.5 Å². The van der Waals surface area contributed by atoms with Gasteiger partial charge in [-0.25, -0.2) is 4.39 Å². The Morgan fingerprint density at radius 1 is 1.27 bits per heavy atom. The van der Waals surface area contributed by atoms with Gasteiger partial charge in [-0.3, -0.25) is 4.79 Å². The van der Waals surface area contributed by atoms with E-state index in [1.165, 1.54) is 6.07 Å². The molecule has 0 bridgehead atoms. The van der Waals surface area contributed by atoms with Crippen molar-refractivity contribution in [2.24, 2.45) is 11.7 Å². The second kappa shape index (κ2) is 6.74. The van der Waals surface area contributed by atoms with Crippen molar-refractivity contribution in [1.29, 1.82) is 0 Å². The highest BCUT2D eigenvalue weighted by molar-refractivity contribution is 5.89. The molecule has 2 fully saturated rings. The van der Waals surface area contributed by atoms with Crippen LogP contribution in [-0.4, -0.2) is 23.7 Å². The number of rotatable bonds is 3. The Kier molecular flexibility index (Phi) is 4.92. The van der Waals surface area contributed by atoms with Gasteiger partial charge in [0, 0.05) is 30.6 Å². The van der Waals surface area contributed by atoms with E-state index < -0.39 is 0 Å². The molecule has 2 heterocycles. The lowest BCUT2D eigenvalue weighted by Crippen LogP contribution is -2.30. The predicted molar refractivity (Wildman–Crippen MR) is 107 cm³/mol. The molecule has 1 aromatic carbocycles. The van der Waals surface area contributed by atoms with Gasteiger partial charge in [0.25, 0.3) is 5.56 Å². The van der Waals surface area contributed by atoms with Gasteiger partial charge in [0.2, 0.25) is 0 Å². The summed E-state index contributed by atoms with van der Waals surface area (Å²) in [5, 5.41) is 0.700. The molecule has 4 rings (SSSR count). The van der Waals surface area contributed by atoms with Crippen LogP contribution in [0.25, 0.3) is 10.9 Å². The fraction of sp³-hybridized carbons (Fsp3) is 0.526. The number of nitrogens with zero attached hydrogens (tertiary/aromatic N) is 2. The van der Waals surface area contributed by atoms with Crippen molar-refractivity contribution in [3.63, 3.8) is 0 Å². The van der Waals surface area contributed by atoms with E-state index >= 15 is 0 Å². The van der Waals surface area contributed by atoms with Crippen molar-refractivity contribution < 1.29 is 4.39 Å². The van der Waals surface area contributed by atoms with Crippen LogP contribution >= 0.6 is 12.4 Å². The van der Waals surface area contributed by atoms with Crippen molar-refractivity contribution in [3.05, 3.63) is 33.9 Å². The second-order valence-electron chi connectivity index (χ2n) is 7.63. The summed E-state index contributed by atoms with van der Waals surface area (Å²) in [6.07, 6.45) is 2.91. The average Bonchev–Trinajstić information content (AvgIpc) is 3.26. The molecule has 0 radical (unpaired) electrons. The van der Waals surface area contributed by atoms with Crippen LogP contribution in [0.3, 0.4) is 0 Å². The standard InChI is InChI=1S/C19H25FN4O.ClH/c1-10-17-13(8-16(22)19(25)24(17)14-3-4-14)7-15(20)18(10)23-6-5-12(9-23)11(2)21;/h7-8,11-12,14H,3-6,9,21-22H2,1-2H3;1H/t11-,12?;/m0./s1. The maximum Gasteiger partial charge on any atom is 0.274 e. The van der Waals surface area contributed by atoms with Gasteiger partial charge in [0.15, 0.2) is 0 Å². The van der Waals surface area contributed by atoms with E-state index in [9.17, 15) is 9.18 Å². The molecule has 1 saturated carbocycles. The van der Waals surface area contributed by atoms with E-state index in [0.29, 0.717) is 17.0 Å². The molecule has 7 heteroatoms. The molecule has 26 heavy (non-hydrogen) atoms. The molecule has 2 aromatic rings. The fourth-order valence-corrected chi connectivity index (χ4v) is 4.17. The minimum absolute atomic E-state index is 0. The maximum absolute atomic E-state index is 14.9. The third kappa shape index (κ3) is 2.95. The maximum atomic E-state index is 14.9. The number of benzene rings is 1. The number of hydrogen-bond acceptors (Lipinski definition) is 4. The molecule has 1 unspecified atom stereocenters. The average molecular weight is 381 g/mol. The normalized spacial score (nSPS) is 21.1. The van der Waals surface area contributed by atoms with E-state index in [2.05, 4.69) is 4.90 Å². The number of aryl methyl sites for hydroxylation is 1. The molecule has 0 amide bonds. The first kappa shape index (κ1) is 19.0. The zero-order valence-corrected chi connectivity index (χ0v) is 16.0. The number of nitrogen functional groups attached to an aromatic ring is 1. The zero-order chi connectivity index (χ0) is 17.9. The van der Waals surface area contributed by atoms with Crippen LogP contribution in [0.15, 0.2) is 16.9 Å². The summed E-state index contributed by atoms with van der Waals surface area (Å²) >= 11 is 0. The molecule has 2 atom stereocenters. The van der Waals surface area contributed by atoms with E-state index in [1.54, 1.807) is 10.6 Å². The van der Waals surface area contributed by atoms with Crippen LogP contribution in [0.4, 0.5) is 15.8 Å². The van der Waals surface area contributed by atoms with Crippen LogP contribution in [0.5, 0.6) is 0 Å². The monoisotopic (exact) mass is 380 g/mol. The van der Waals surface area contributed by atoms with Crippen molar-refractivity contribution in [2.45, 2.75) is 45.2 Å². The molecule has 0 spiro atoms. The summed E-state index contributed by atoms with van der Waals surface area (Å²) in [7, 11) is 0. The van der Waals surface area contributed by atoms with Crippen LogP contribution in [0.1, 0.15) is 37.8 Å². The fourth-order valence-electron chi connectivity index (χ4n) is 4.17. The number of halogens is 2. The van der Waals surface area contributed by atoms with Gasteiger partial charge in [-0.2, -0.15) is 0 Å². The lowest BCUT2D eigenvalue weighted by Gasteiger charge is -2.25. The van der Waals surface area contributed by atoms with E-state index in [1.807, 2.05) is 13.8 Å². The first-order valence-electron chi connectivity index (χ1n) is 9.02. The summed E-state index contributed by atoms with van der Waals surface area (Å²) in [4.78, 5) is 14.7. The Balaban J connectivity index is 0.00000196. The molecular formula is C19H26ClFN4O. The molecular weight excluding hydrogens is 355 g/mol. The van der Waals surface area contributed by atoms with Crippen LogP contribution in [0.2, 0.25) is 0 Å². The van der Waals surface area contributed by atoms with Crippen LogP contribution in [0, 0.1) is 18.7 Å². The third-order valence-corrected chi connectivity index (χ3v) is 5.71. The molecule has 2 aliphatic rings. The largest absolute Gasteiger partial charge is 0.394 e. The third-order valence-electron chi connectivity index (χ3n) is 5.71. The van der Waals surface area contributed by atoms with Gasteiger partial charge in [-0.15, -0.1) is 12.4 Å².